The Labute approximate surface area is 163 Å². The van der Waals surface area contributed by atoms with Gasteiger partial charge in [-0.2, -0.15) is 0 Å². The highest BCUT2D eigenvalue weighted by molar-refractivity contribution is 5.34. The molecule has 0 aliphatic carbocycles. The van der Waals surface area contributed by atoms with E-state index >= 15 is 0 Å². The van der Waals surface area contributed by atoms with Gasteiger partial charge in [-0.15, -0.1) is 0 Å². The highest BCUT2D eigenvalue weighted by atomic mass is 16.5. The third-order valence-corrected chi connectivity index (χ3v) is 4.78. The minimum absolute atomic E-state index is 0.00905. The molecule has 2 rings (SSSR count). The Morgan fingerprint density at radius 2 is 1.44 bits per heavy atom. The van der Waals surface area contributed by atoms with Gasteiger partial charge < -0.3 is 20.3 Å². The average molecular weight is 372 g/mol. The minimum atomic E-state index is 0.00905. The largest absolute Gasteiger partial charge is 0.392 e. The summed E-state index contributed by atoms with van der Waals surface area (Å²) in [6, 6.07) is 16.1. The predicted molar refractivity (Wildman–Crippen MR) is 109 cm³/mol. The lowest BCUT2D eigenvalue weighted by atomic mass is 10.0. The maximum atomic E-state index is 9.44. The van der Waals surface area contributed by atoms with Crippen LogP contribution in [0, 0.1) is 0 Å². The first-order chi connectivity index (χ1) is 13.3. The van der Waals surface area contributed by atoms with E-state index in [0.717, 1.165) is 55.7 Å². The molecule has 0 spiro atoms. The summed E-state index contributed by atoms with van der Waals surface area (Å²) in [5, 5.41) is 22.3. The van der Waals surface area contributed by atoms with Crippen LogP contribution in [0.1, 0.15) is 47.9 Å². The number of rotatable bonds is 14. The Bertz CT molecular complexity index is 609. The normalized spacial score (nSPS) is 11.0. The summed E-state index contributed by atoms with van der Waals surface area (Å²) in [5.74, 6) is 0. The first kappa shape index (κ1) is 21.6. The molecule has 0 saturated heterocycles. The fourth-order valence-corrected chi connectivity index (χ4v) is 3.17. The van der Waals surface area contributed by atoms with E-state index < -0.39 is 0 Å². The van der Waals surface area contributed by atoms with Crippen LogP contribution in [0.25, 0.3) is 0 Å². The number of hydrogen-bond donors (Lipinski definition) is 3. The fraction of sp³-hybridized carbons (Fsp3) is 0.478. The van der Waals surface area contributed by atoms with Crippen LogP contribution < -0.4 is 5.32 Å². The van der Waals surface area contributed by atoms with Crippen molar-refractivity contribution in [3.8, 4) is 0 Å². The zero-order valence-electron chi connectivity index (χ0n) is 16.2. The lowest BCUT2D eigenvalue weighted by Crippen LogP contribution is -2.17. The van der Waals surface area contributed by atoms with Crippen molar-refractivity contribution in [3.63, 3.8) is 0 Å². The van der Waals surface area contributed by atoms with Crippen molar-refractivity contribution in [1.82, 2.24) is 5.32 Å². The lowest BCUT2D eigenvalue weighted by Gasteiger charge is -2.13. The molecule has 3 N–H and O–H groups in total. The Balaban J connectivity index is 1.47. The summed E-state index contributed by atoms with van der Waals surface area (Å²) in [6.45, 7) is 3.28. The van der Waals surface area contributed by atoms with Crippen molar-refractivity contribution in [2.24, 2.45) is 0 Å². The number of benzene rings is 2. The van der Waals surface area contributed by atoms with Crippen LogP contribution in [0.4, 0.5) is 0 Å². The molecule has 0 radical (unpaired) electrons. The first-order valence-corrected chi connectivity index (χ1v) is 9.99. The van der Waals surface area contributed by atoms with Crippen LogP contribution in [0.3, 0.4) is 0 Å². The third-order valence-electron chi connectivity index (χ3n) is 4.78. The molecule has 0 bridgehead atoms. The van der Waals surface area contributed by atoms with Gasteiger partial charge in [-0.25, -0.2) is 0 Å². The van der Waals surface area contributed by atoms with Gasteiger partial charge in [0.05, 0.1) is 19.8 Å². The summed E-state index contributed by atoms with van der Waals surface area (Å²) in [5.41, 5.74) is 4.13. The molecular formula is C23H33NO3. The number of unbranched alkanes of at least 4 members (excludes halogenated alkanes) is 3. The second-order valence-electron chi connectivity index (χ2n) is 6.81. The molecule has 0 amide bonds. The van der Waals surface area contributed by atoms with E-state index in [-0.39, 0.29) is 13.2 Å². The summed E-state index contributed by atoms with van der Waals surface area (Å²) in [4.78, 5) is 0. The molecule has 4 nitrogen and oxygen atoms in total. The molecule has 0 aromatic heterocycles. The van der Waals surface area contributed by atoms with Gasteiger partial charge in [-0.3, -0.25) is 0 Å². The predicted octanol–water partition coefficient (Wildman–Crippen LogP) is 3.58. The van der Waals surface area contributed by atoms with E-state index in [1.807, 2.05) is 24.3 Å². The van der Waals surface area contributed by atoms with Gasteiger partial charge in [0.2, 0.25) is 0 Å². The van der Waals surface area contributed by atoms with Gasteiger partial charge in [0.25, 0.3) is 0 Å². The zero-order valence-corrected chi connectivity index (χ0v) is 16.2. The summed E-state index contributed by atoms with van der Waals surface area (Å²) >= 11 is 0. The molecule has 0 aliphatic heterocycles. The van der Waals surface area contributed by atoms with Gasteiger partial charge in [0.15, 0.2) is 0 Å². The first-order valence-electron chi connectivity index (χ1n) is 9.99. The third kappa shape index (κ3) is 8.22. The summed E-state index contributed by atoms with van der Waals surface area (Å²) in [6.07, 6.45) is 5.58. The smallest absolute Gasteiger partial charge is 0.0685 e. The Kier molecular flexibility index (Phi) is 10.7. The van der Waals surface area contributed by atoms with Crippen molar-refractivity contribution < 1.29 is 14.9 Å². The van der Waals surface area contributed by atoms with Crippen LogP contribution in [-0.2, 0) is 30.9 Å². The minimum Gasteiger partial charge on any atom is -0.392 e. The molecule has 148 valence electrons. The van der Waals surface area contributed by atoms with Crippen LogP contribution in [0.15, 0.2) is 48.5 Å². The van der Waals surface area contributed by atoms with Crippen molar-refractivity contribution in [2.75, 3.05) is 19.8 Å². The Hall–Kier alpha value is -1.72. The van der Waals surface area contributed by atoms with E-state index in [1.165, 1.54) is 18.4 Å². The fourth-order valence-electron chi connectivity index (χ4n) is 3.17. The molecule has 0 aliphatic rings. The van der Waals surface area contributed by atoms with Crippen LogP contribution >= 0.6 is 0 Å². The topological polar surface area (TPSA) is 61.7 Å². The van der Waals surface area contributed by atoms with Gasteiger partial charge in [0, 0.05) is 13.2 Å². The molecule has 0 heterocycles. The number of hydrogen-bond acceptors (Lipinski definition) is 4. The number of ether oxygens (including phenoxy) is 1. The highest BCUT2D eigenvalue weighted by Crippen LogP contribution is 2.15. The molecular weight excluding hydrogens is 338 g/mol. The van der Waals surface area contributed by atoms with E-state index in [9.17, 15) is 10.2 Å². The van der Waals surface area contributed by atoms with Crippen molar-refractivity contribution in [1.29, 1.82) is 0 Å². The lowest BCUT2D eigenvalue weighted by molar-refractivity contribution is 0.133. The second kappa shape index (κ2) is 13.4. The van der Waals surface area contributed by atoms with Gasteiger partial charge >= 0.3 is 0 Å². The number of aliphatic hydroxyl groups excluding tert-OH is 2. The highest BCUT2D eigenvalue weighted by Gasteiger charge is 2.06. The standard InChI is InChI=1S/C23H33NO3/c25-18-21-11-8-12-22(19-26)23(21)17-24-14-6-1-2-7-15-27-16-13-20-9-4-3-5-10-20/h3-5,8-12,24-26H,1-2,6-7,13-19H2. The molecule has 0 unspecified atom stereocenters. The van der Waals surface area contributed by atoms with Gasteiger partial charge in [-0.1, -0.05) is 61.4 Å². The maximum absolute atomic E-state index is 9.44. The molecule has 0 fully saturated rings. The molecule has 0 saturated carbocycles. The van der Waals surface area contributed by atoms with Crippen LogP contribution in [0.5, 0.6) is 0 Å². The molecule has 2 aromatic rings. The quantitative estimate of drug-likeness (QED) is 0.444. The maximum Gasteiger partial charge on any atom is 0.0685 e. The van der Waals surface area contributed by atoms with E-state index in [4.69, 9.17) is 4.74 Å². The van der Waals surface area contributed by atoms with Crippen LogP contribution in [-0.4, -0.2) is 30.0 Å². The van der Waals surface area contributed by atoms with Crippen molar-refractivity contribution >= 4 is 0 Å². The summed E-state index contributed by atoms with van der Waals surface area (Å²) < 4.78 is 5.71. The Morgan fingerprint density at radius 3 is 2.15 bits per heavy atom. The molecule has 27 heavy (non-hydrogen) atoms. The van der Waals surface area contributed by atoms with Crippen molar-refractivity contribution in [3.05, 3.63) is 70.8 Å². The summed E-state index contributed by atoms with van der Waals surface area (Å²) in [7, 11) is 0. The van der Waals surface area contributed by atoms with E-state index in [0.29, 0.717) is 6.54 Å². The Morgan fingerprint density at radius 1 is 0.741 bits per heavy atom. The molecule has 4 heteroatoms. The van der Waals surface area contributed by atoms with E-state index in [1.54, 1.807) is 0 Å². The van der Waals surface area contributed by atoms with Crippen LogP contribution in [0.2, 0.25) is 0 Å². The average Bonchev–Trinajstić information content (AvgIpc) is 2.72. The second-order valence-corrected chi connectivity index (χ2v) is 6.81. The number of nitrogens with one attached hydrogen (secondary N) is 1. The van der Waals surface area contributed by atoms with Gasteiger partial charge in [0.1, 0.15) is 0 Å². The zero-order chi connectivity index (χ0) is 19.2. The molecule has 0 atom stereocenters. The number of aliphatic hydroxyl groups is 2. The van der Waals surface area contributed by atoms with Crippen molar-refractivity contribution in [2.45, 2.75) is 51.9 Å². The molecule has 2 aromatic carbocycles. The monoisotopic (exact) mass is 371 g/mol. The van der Waals surface area contributed by atoms with Gasteiger partial charge in [-0.05, 0) is 48.1 Å². The SMILES string of the molecule is OCc1cccc(CO)c1CNCCCCCCOCCc1ccccc1. The van der Waals surface area contributed by atoms with E-state index in [2.05, 4.69) is 29.6 Å².